The molecule has 0 aromatic heterocycles. The highest BCUT2D eigenvalue weighted by Gasteiger charge is 2.21. The first-order chi connectivity index (χ1) is 9.40. The molecule has 1 aromatic carbocycles. The summed E-state index contributed by atoms with van der Waals surface area (Å²) in [5, 5.41) is 18.8. The van der Waals surface area contributed by atoms with Crippen molar-refractivity contribution in [2.24, 2.45) is 0 Å². The summed E-state index contributed by atoms with van der Waals surface area (Å²) >= 11 is 0. The minimum absolute atomic E-state index is 0.00648. The first-order valence-electron chi connectivity index (χ1n) is 5.77. The number of aromatic carboxylic acids is 1. The quantitative estimate of drug-likeness (QED) is 0.882. The van der Waals surface area contributed by atoms with Crippen molar-refractivity contribution < 1.29 is 24.5 Å². The fourth-order valence-corrected chi connectivity index (χ4v) is 1.75. The predicted octanol–water partition coefficient (Wildman–Crippen LogP) is 2.36. The van der Waals surface area contributed by atoms with Gasteiger partial charge in [0, 0.05) is 11.6 Å². The number of carboxylic acids is 1. The summed E-state index contributed by atoms with van der Waals surface area (Å²) < 4.78 is 5.49. The van der Waals surface area contributed by atoms with Crippen molar-refractivity contribution in [3.63, 3.8) is 0 Å². The van der Waals surface area contributed by atoms with Gasteiger partial charge in [-0.15, -0.1) is 0 Å². The zero-order valence-electron chi connectivity index (χ0n) is 10.7. The molecule has 2 N–H and O–H groups in total. The Balaban J connectivity index is 2.49. The predicted molar refractivity (Wildman–Crippen MR) is 71.8 cm³/mol. The van der Waals surface area contributed by atoms with Gasteiger partial charge in [0.15, 0.2) is 5.78 Å². The summed E-state index contributed by atoms with van der Waals surface area (Å²) in [7, 11) is 0. The normalized spacial score (nSPS) is 14.2. The van der Waals surface area contributed by atoms with E-state index in [1.807, 2.05) is 0 Å². The van der Waals surface area contributed by atoms with Crippen molar-refractivity contribution in [3.8, 4) is 11.5 Å². The number of carbonyl (C=O) groups excluding carboxylic acids is 1. The van der Waals surface area contributed by atoms with Crippen molar-refractivity contribution in [1.29, 1.82) is 0 Å². The molecule has 1 aromatic rings. The van der Waals surface area contributed by atoms with Crippen LogP contribution >= 0.6 is 0 Å². The lowest BCUT2D eigenvalue weighted by Crippen LogP contribution is -2.09. The Hall–Kier alpha value is -2.82. The van der Waals surface area contributed by atoms with Crippen LogP contribution in [0.25, 0.3) is 0 Å². The Labute approximate surface area is 115 Å². The van der Waals surface area contributed by atoms with Gasteiger partial charge in [0.25, 0.3) is 0 Å². The number of ether oxygens (including phenoxy) is 1. The number of carboxylic acid groups (broad SMARTS) is 1. The van der Waals surface area contributed by atoms with Gasteiger partial charge < -0.3 is 14.9 Å². The molecule has 5 nitrogen and oxygen atoms in total. The molecule has 0 saturated carbocycles. The second kappa shape index (κ2) is 5.05. The van der Waals surface area contributed by atoms with Crippen molar-refractivity contribution in [1.82, 2.24) is 0 Å². The fraction of sp³-hybridized carbons (Fsp3) is 0.0667. The molecule has 0 radical (unpaired) electrons. The largest absolute Gasteiger partial charge is 0.507 e. The number of allylic oxidation sites excluding steroid dienone is 3. The van der Waals surface area contributed by atoms with Crippen LogP contribution in [0.15, 0.2) is 48.3 Å². The standard InChI is InChI=1S/C15H12O5/c1-8-3-5-10(16)7-12(8)20-14-9(2)4-6-11(17)13(14)15(18)19/h3-7,17H,1H2,2H3,(H,18,19). The number of phenols is 1. The van der Waals surface area contributed by atoms with Crippen LogP contribution in [0.3, 0.4) is 0 Å². The second-order valence-corrected chi connectivity index (χ2v) is 4.28. The van der Waals surface area contributed by atoms with Crippen molar-refractivity contribution in [2.45, 2.75) is 6.92 Å². The molecule has 0 bridgehead atoms. The third-order valence-electron chi connectivity index (χ3n) is 2.80. The first kappa shape index (κ1) is 13.6. The van der Waals surface area contributed by atoms with E-state index in [1.54, 1.807) is 6.92 Å². The maximum absolute atomic E-state index is 11.3. The molecule has 0 spiro atoms. The fourth-order valence-electron chi connectivity index (χ4n) is 1.75. The molecule has 0 unspecified atom stereocenters. The maximum atomic E-state index is 11.3. The summed E-state index contributed by atoms with van der Waals surface area (Å²) in [6.45, 7) is 5.35. The van der Waals surface area contributed by atoms with Crippen LogP contribution in [0.4, 0.5) is 0 Å². The van der Waals surface area contributed by atoms with Crippen LogP contribution in [-0.2, 0) is 4.79 Å². The van der Waals surface area contributed by atoms with E-state index in [2.05, 4.69) is 6.58 Å². The van der Waals surface area contributed by atoms with Gasteiger partial charge in [-0.3, -0.25) is 4.79 Å². The van der Waals surface area contributed by atoms with E-state index >= 15 is 0 Å². The van der Waals surface area contributed by atoms with Gasteiger partial charge in [0.2, 0.25) is 0 Å². The van der Waals surface area contributed by atoms with E-state index in [1.165, 1.54) is 30.4 Å². The minimum atomic E-state index is -1.31. The summed E-state index contributed by atoms with van der Waals surface area (Å²) in [5.74, 6) is -1.84. The monoisotopic (exact) mass is 272 g/mol. The number of hydrogen-bond donors (Lipinski definition) is 2. The molecule has 5 heteroatoms. The molecule has 0 atom stereocenters. The highest BCUT2D eigenvalue weighted by atomic mass is 16.5. The van der Waals surface area contributed by atoms with Gasteiger partial charge in [0.1, 0.15) is 22.8 Å². The van der Waals surface area contributed by atoms with Crippen molar-refractivity contribution in [3.05, 3.63) is 59.4 Å². The summed E-state index contributed by atoms with van der Waals surface area (Å²) in [6.07, 6.45) is 4.04. The third-order valence-corrected chi connectivity index (χ3v) is 2.80. The highest BCUT2D eigenvalue weighted by molar-refractivity contribution is 6.02. The average molecular weight is 272 g/mol. The number of carbonyl (C=O) groups is 2. The third kappa shape index (κ3) is 2.47. The van der Waals surface area contributed by atoms with Crippen LogP contribution in [0, 0.1) is 6.92 Å². The maximum Gasteiger partial charge on any atom is 0.343 e. The van der Waals surface area contributed by atoms with Crippen LogP contribution in [-0.4, -0.2) is 22.0 Å². The van der Waals surface area contributed by atoms with Crippen LogP contribution < -0.4 is 4.74 Å². The van der Waals surface area contributed by atoms with Gasteiger partial charge in [-0.2, -0.15) is 0 Å². The zero-order chi connectivity index (χ0) is 14.9. The SMILES string of the molecule is C=C1C=CC(=O)C=C1Oc1c(C)ccc(O)c1C(=O)O. The molecule has 0 amide bonds. The Morgan fingerprint density at radius 3 is 2.65 bits per heavy atom. The second-order valence-electron chi connectivity index (χ2n) is 4.28. The smallest absolute Gasteiger partial charge is 0.343 e. The molecule has 0 saturated heterocycles. The highest BCUT2D eigenvalue weighted by Crippen LogP contribution is 2.34. The van der Waals surface area contributed by atoms with E-state index in [-0.39, 0.29) is 22.9 Å². The molecule has 0 heterocycles. The molecule has 1 aliphatic carbocycles. The number of benzene rings is 1. The van der Waals surface area contributed by atoms with Gasteiger partial charge >= 0.3 is 5.97 Å². The number of rotatable bonds is 3. The van der Waals surface area contributed by atoms with Gasteiger partial charge in [-0.05, 0) is 30.7 Å². The molecule has 0 fully saturated rings. The van der Waals surface area contributed by atoms with Crippen LogP contribution in [0.1, 0.15) is 15.9 Å². The van der Waals surface area contributed by atoms with Gasteiger partial charge in [0.05, 0.1) is 0 Å². The Bertz CT molecular complexity index is 680. The number of aromatic hydroxyl groups is 1. The Morgan fingerprint density at radius 1 is 1.30 bits per heavy atom. The molecule has 1 aliphatic rings. The van der Waals surface area contributed by atoms with Gasteiger partial charge in [-0.1, -0.05) is 12.6 Å². The lowest BCUT2D eigenvalue weighted by atomic mass is 10.1. The molecule has 2 rings (SSSR count). The number of aryl methyl sites for hydroxylation is 1. The average Bonchev–Trinajstić information content (AvgIpc) is 2.37. The van der Waals surface area contributed by atoms with E-state index in [9.17, 15) is 14.7 Å². The van der Waals surface area contributed by atoms with E-state index in [4.69, 9.17) is 9.84 Å². The zero-order valence-corrected chi connectivity index (χ0v) is 10.7. The van der Waals surface area contributed by atoms with Gasteiger partial charge in [-0.25, -0.2) is 4.79 Å². The number of hydrogen-bond acceptors (Lipinski definition) is 4. The van der Waals surface area contributed by atoms with E-state index < -0.39 is 11.7 Å². The summed E-state index contributed by atoms with van der Waals surface area (Å²) in [5.41, 5.74) is 0.625. The van der Waals surface area contributed by atoms with E-state index in [0.717, 1.165) is 0 Å². The number of ketones is 1. The molecule has 102 valence electrons. The summed E-state index contributed by atoms with van der Waals surface area (Å²) in [4.78, 5) is 22.5. The minimum Gasteiger partial charge on any atom is -0.507 e. The molecular weight excluding hydrogens is 260 g/mol. The van der Waals surface area contributed by atoms with Crippen LogP contribution in [0.5, 0.6) is 11.5 Å². The Kier molecular flexibility index (Phi) is 3.43. The molecule has 20 heavy (non-hydrogen) atoms. The van der Waals surface area contributed by atoms with Crippen molar-refractivity contribution >= 4 is 11.8 Å². The first-order valence-corrected chi connectivity index (χ1v) is 5.77. The summed E-state index contributed by atoms with van der Waals surface area (Å²) in [6, 6.07) is 2.81. The van der Waals surface area contributed by atoms with Crippen molar-refractivity contribution in [2.75, 3.05) is 0 Å². The molecule has 0 aliphatic heterocycles. The lowest BCUT2D eigenvalue weighted by Gasteiger charge is -2.16. The molecular formula is C15H12O5. The van der Waals surface area contributed by atoms with E-state index in [0.29, 0.717) is 11.1 Å². The Morgan fingerprint density at radius 2 is 2.00 bits per heavy atom. The topological polar surface area (TPSA) is 83.8 Å². The van der Waals surface area contributed by atoms with Crippen LogP contribution in [0.2, 0.25) is 0 Å². The lowest BCUT2D eigenvalue weighted by molar-refractivity contribution is -0.110.